The molecule has 1 aromatic carbocycles. The van der Waals surface area contributed by atoms with Crippen LogP contribution < -0.4 is 9.47 Å². The summed E-state index contributed by atoms with van der Waals surface area (Å²) >= 11 is 0. The lowest BCUT2D eigenvalue weighted by Gasteiger charge is -2.29. The Labute approximate surface area is 203 Å². The van der Waals surface area contributed by atoms with E-state index in [2.05, 4.69) is 6.92 Å². The SMILES string of the molecule is CCCCCOc1cccc(OCCCCOP(=O)(O)O[C@H](CC(=O)O)C[N+](C)(C)C)c1C.[OH-]. The van der Waals surface area contributed by atoms with Crippen LogP contribution in [0.5, 0.6) is 11.5 Å². The second-order valence-electron chi connectivity index (χ2n) is 9.09. The van der Waals surface area contributed by atoms with Crippen molar-refractivity contribution < 1.29 is 47.8 Å². The fourth-order valence-corrected chi connectivity index (χ4v) is 4.11. The van der Waals surface area contributed by atoms with Gasteiger partial charge in [-0.15, -0.1) is 0 Å². The smallest absolute Gasteiger partial charge is 0.472 e. The summed E-state index contributed by atoms with van der Waals surface area (Å²) < 4.78 is 34.4. The van der Waals surface area contributed by atoms with Crippen LogP contribution >= 0.6 is 7.82 Å². The number of hydrogen-bond donors (Lipinski definition) is 2. The van der Waals surface area contributed by atoms with Gasteiger partial charge in [-0.2, -0.15) is 0 Å². The van der Waals surface area contributed by atoms with Gasteiger partial charge in [0.1, 0.15) is 24.1 Å². The standard InChI is InChI=1S/C23H40NO8P.H2O/c1-6-7-8-14-29-21-12-11-13-22(19(21)2)30-15-9-10-16-31-33(27,28)32-20(17-23(25)26)18-24(3,4)5;/h11-13,20H,6-10,14-18H2,1-5H3,(H-,25,26,27,28);1H2/t20-;/m1./s1. The molecule has 1 rings (SSSR count). The zero-order valence-electron chi connectivity index (χ0n) is 21.1. The number of quaternary nitrogens is 1. The Hall–Kier alpha value is -1.68. The fourth-order valence-electron chi connectivity index (χ4n) is 3.17. The summed E-state index contributed by atoms with van der Waals surface area (Å²) in [5.41, 5.74) is 0.945. The number of carboxylic acids is 1. The molecule has 34 heavy (non-hydrogen) atoms. The van der Waals surface area contributed by atoms with Crippen LogP contribution in [-0.4, -0.2) is 79.5 Å². The van der Waals surface area contributed by atoms with Crippen LogP contribution in [0.4, 0.5) is 0 Å². The largest absolute Gasteiger partial charge is 0.870 e. The molecule has 0 aliphatic heterocycles. The average Bonchev–Trinajstić information content (AvgIpc) is 2.67. The number of aliphatic carboxylic acids is 1. The monoisotopic (exact) mass is 507 g/mol. The molecule has 0 aromatic heterocycles. The van der Waals surface area contributed by atoms with E-state index in [1.807, 2.05) is 46.3 Å². The normalized spacial score (nSPS) is 14.1. The summed E-state index contributed by atoms with van der Waals surface area (Å²) in [6, 6.07) is 5.71. The lowest BCUT2D eigenvalue weighted by molar-refractivity contribution is -0.873. The van der Waals surface area contributed by atoms with E-state index in [-0.39, 0.29) is 25.0 Å². The van der Waals surface area contributed by atoms with Crippen LogP contribution in [0.3, 0.4) is 0 Å². The average molecular weight is 508 g/mol. The van der Waals surface area contributed by atoms with E-state index in [9.17, 15) is 14.3 Å². The van der Waals surface area contributed by atoms with Gasteiger partial charge in [0.15, 0.2) is 0 Å². The van der Waals surface area contributed by atoms with Crippen molar-refractivity contribution in [3.05, 3.63) is 23.8 Å². The van der Waals surface area contributed by atoms with Crippen molar-refractivity contribution in [2.24, 2.45) is 0 Å². The molecule has 198 valence electrons. The predicted molar refractivity (Wildman–Crippen MR) is 129 cm³/mol. The molecule has 2 atom stereocenters. The Morgan fingerprint density at radius 3 is 2.06 bits per heavy atom. The number of rotatable bonds is 18. The molecule has 10 nitrogen and oxygen atoms in total. The number of hydrogen-bond acceptors (Lipinski definition) is 7. The Balaban J connectivity index is 0.0000109. The number of phosphoric acid groups is 1. The Kier molecular flexibility index (Phi) is 15.3. The zero-order chi connectivity index (χ0) is 24.9. The minimum Gasteiger partial charge on any atom is -0.870 e. The first-order chi connectivity index (χ1) is 15.4. The topological polar surface area (TPSA) is 142 Å². The van der Waals surface area contributed by atoms with Crippen molar-refractivity contribution >= 4 is 13.8 Å². The highest BCUT2D eigenvalue weighted by Crippen LogP contribution is 2.45. The lowest BCUT2D eigenvalue weighted by Crippen LogP contribution is -2.42. The third kappa shape index (κ3) is 14.6. The lowest BCUT2D eigenvalue weighted by atomic mass is 10.2. The number of benzene rings is 1. The quantitative estimate of drug-likeness (QED) is 0.170. The van der Waals surface area contributed by atoms with E-state index >= 15 is 0 Å². The number of ether oxygens (including phenoxy) is 2. The summed E-state index contributed by atoms with van der Waals surface area (Å²) in [4.78, 5) is 21.0. The molecule has 1 unspecified atom stereocenters. The predicted octanol–water partition coefficient (Wildman–Crippen LogP) is 4.23. The van der Waals surface area contributed by atoms with E-state index in [1.165, 1.54) is 0 Å². The molecule has 0 radical (unpaired) electrons. The maximum atomic E-state index is 12.2. The summed E-state index contributed by atoms with van der Waals surface area (Å²) in [6.07, 6.45) is 3.09. The molecule has 11 heteroatoms. The van der Waals surface area contributed by atoms with Crippen molar-refractivity contribution in [2.45, 2.75) is 58.5 Å². The summed E-state index contributed by atoms with van der Waals surface area (Å²) in [7, 11) is 1.18. The fraction of sp³-hybridized carbons (Fsp3) is 0.696. The highest BCUT2D eigenvalue weighted by atomic mass is 31.2. The minimum absolute atomic E-state index is 0. The van der Waals surface area contributed by atoms with Gasteiger partial charge in [0.25, 0.3) is 0 Å². The van der Waals surface area contributed by atoms with Crippen molar-refractivity contribution in [1.82, 2.24) is 0 Å². The van der Waals surface area contributed by atoms with Gasteiger partial charge >= 0.3 is 13.8 Å². The highest BCUT2D eigenvalue weighted by Gasteiger charge is 2.31. The van der Waals surface area contributed by atoms with Crippen molar-refractivity contribution in [3.8, 4) is 11.5 Å². The van der Waals surface area contributed by atoms with Gasteiger partial charge in [-0.25, -0.2) is 4.57 Å². The minimum atomic E-state index is -4.36. The second kappa shape index (κ2) is 16.1. The second-order valence-corrected chi connectivity index (χ2v) is 10.5. The van der Waals surface area contributed by atoms with Gasteiger partial charge < -0.3 is 29.4 Å². The van der Waals surface area contributed by atoms with Gasteiger partial charge in [-0.1, -0.05) is 25.8 Å². The van der Waals surface area contributed by atoms with Crippen molar-refractivity contribution in [2.75, 3.05) is 47.5 Å². The summed E-state index contributed by atoms with van der Waals surface area (Å²) in [5, 5.41) is 9.02. The van der Waals surface area contributed by atoms with Crippen LogP contribution in [0, 0.1) is 6.92 Å². The summed E-state index contributed by atoms with van der Waals surface area (Å²) in [6.45, 7) is 5.47. The number of carbonyl (C=O) groups is 1. The first-order valence-corrected chi connectivity index (χ1v) is 13.0. The van der Waals surface area contributed by atoms with Crippen molar-refractivity contribution in [3.63, 3.8) is 0 Å². The highest BCUT2D eigenvalue weighted by molar-refractivity contribution is 7.47. The van der Waals surface area contributed by atoms with E-state index < -0.39 is 19.9 Å². The first-order valence-electron chi connectivity index (χ1n) is 11.5. The Morgan fingerprint density at radius 1 is 1.03 bits per heavy atom. The molecule has 0 saturated heterocycles. The third-order valence-corrected chi connectivity index (χ3v) is 5.80. The van der Waals surface area contributed by atoms with Crippen LogP contribution in [0.2, 0.25) is 0 Å². The van der Waals surface area contributed by atoms with Gasteiger partial charge in [0.05, 0.1) is 47.4 Å². The molecule has 0 heterocycles. The summed E-state index contributed by atoms with van der Waals surface area (Å²) in [5.74, 6) is 0.461. The van der Waals surface area contributed by atoms with Gasteiger partial charge in [0.2, 0.25) is 0 Å². The van der Waals surface area contributed by atoms with Crippen molar-refractivity contribution in [1.29, 1.82) is 0 Å². The molecular weight excluding hydrogens is 465 g/mol. The van der Waals surface area contributed by atoms with Gasteiger partial charge in [-0.3, -0.25) is 13.8 Å². The molecule has 0 spiro atoms. The zero-order valence-corrected chi connectivity index (χ0v) is 22.0. The molecule has 0 fully saturated rings. The number of likely N-dealkylation sites (N-methyl/N-ethyl adjacent to an activating group) is 1. The number of phosphoric ester groups is 1. The van der Waals surface area contributed by atoms with Crippen LogP contribution in [0.25, 0.3) is 0 Å². The molecule has 3 N–H and O–H groups in total. The van der Waals surface area contributed by atoms with Crippen LogP contribution in [-0.2, 0) is 18.4 Å². The third-order valence-electron chi connectivity index (χ3n) is 4.73. The van der Waals surface area contributed by atoms with E-state index in [1.54, 1.807) is 0 Å². The maximum Gasteiger partial charge on any atom is 0.472 e. The van der Waals surface area contributed by atoms with Crippen LogP contribution in [0.1, 0.15) is 51.0 Å². The molecule has 0 saturated carbocycles. The van der Waals surface area contributed by atoms with Gasteiger partial charge in [0, 0.05) is 5.56 Å². The number of unbranched alkanes of at least 4 members (excludes halogenated alkanes) is 3. The van der Waals surface area contributed by atoms with E-state index in [0.717, 1.165) is 36.3 Å². The first kappa shape index (κ1) is 32.3. The number of carboxylic acid groups (broad SMARTS) is 1. The van der Waals surface area contributed by atoms with Gasteiger partial charge in [-0.05, 0) is 38.3 Å². The van der Waals surface area contributed by atoms with E-state index in [4.69, 9.17) is 23.6 Å². The number of nitrogens with zero attached hydrogens (tertiary/aromatic N) is 1. The molecule has 0 aliphatic carbocycles. The molecule has 1 aromatic rings. The van der Waals surface area contributed by atoms with Crippen LogP contribution in [0.15, 0.2) is 18.2 Å². The molecular formula is C23H42NO9P. The van der Waals surface area contributed by atoms with E-state index in [0.29, 0.717) is 30.5 Å². The molecule has 0 amide bonds. The molecule has 0 bridgehead atoms. The maximum absolute atomic E-state index is 12.2. The Morgan fingerprint density at radius 2 is 1.56 bits per heavy atom. The molecule has 0 aliphatic rings. The Bertz CT molecular complexity index is 767.